The minimum Gasteiger partial charge on any atom is -0.377 e. The second kappa shape index (κ2) is 6.82. The van der Waals surface area contributed by atoms with E-state index in [0.717, 1.165) is 39.5 Å². The highest BCUT2D eigenvalue weighted by atomic mass is 16.6. The number of ether oxygens (including phenoxy) is 2. The molecule has 2 aliphatic heterocycles. The molecule has 76 valence electrons. The molecule has 0 spiro atoms. The van der Waals surface area contributed by atoms with Gasteiger partial charge in [-0.15, -0.1) is 0 Å². The third-order valence-corrected chi connectivity index (χ3v) is 1.65. The fraction of sp³-hybridized carbons (Fsp3) is 0.875. The van der Waals surface area contributed by atoms with Gasteiger partial charge < -0.3 is 20.1 Å². The van der Waals surface area contributed by atoms with Gasteiger partial charge in [-0.2, -0.15) is 0 Å². The Morgan fingerprint density at radius 1 is 1.00 bits per heavy atom. The predicted molar refractivity (Wildman–Crippen MR) is 47.5 cm³/mol. The summed E-state index contributed by atoms with van der Waals surface area (Å²) in [5.74, 6) is 0.103. The fourth-order valence-corrected chi connectivity index (χ4v) is 0.995. The van der Waals surface area contributed by atoms with Crippen molar-refractivity contribution in [1.82, 2.24) is 10.6 Å². The molecule has 0 aromatic carbocycles. The van der Waals surface area contributed by atoms with Crippen molar-refractivity contribution in [2.24, 2.45) is 0 Å². The van der Waals surface area contributed by atoms with Gasteiger partial charge in [-0.05, 0) is 0 Å². The molecule has 5 heteroatoms. The quantitative estimate of drug-likeness (QED) is 0.498. The van der Waals surface area contributed by atoms with Crippen LogP contribution in [0.15, 0.2) is 0 Å². The lowest BCUT2D eigenvalue weighted by molar-refractivity contribution is -0.121. The third kappa shape index (κ3) is 5.57. The van der Waals surface area contributed by atoms with Crippen LogP contribution in [0.5, 0.6) is 0 Å². The molecule has 0 aliphatic carbocycles. The molecule has 2 rings (SSSR count). The molecule has 0 aromatic rings. The van der Waals surface area contributed by atoms with E-state index >= 15 is 0 Å². The maximum absolute atomic E-state index is 10.3. The fourth-order valence-electron chi connectivity index (χ4n) is 0.995. The van der Waals surface area contributed by atoms with Gasteiger partial charge in [0.05, 0.1) is 33.0 Å². The zero-order valence-electron chi connectivity index (χ0n) is 7.67. The van der Waals surface area contributed by atoms with E-state index in [1.54, 1.807) is 0 Å². The van der Waals surface area contributed by atoms with Crippen LogP contribution in [-0.4, -0.2) is 52.0 Å². The standard InChI is InChI=1S/C4H8N2O.C4H8O2/c7-4-3-5-1-2-6-4;1-2-6-4-3-5-1/h5H,1-3H2,(H,6,7);1-4H2. The summed E-state index contributed by atoms with van der Waals surface area (Å²) < 4.78 is 9.89. The van der Waals surface area contributed by atoms with E-state index in [9.17, 15) is 4.79 Å². The van der Waals surface area contributed by atoms with Crippen molar-refractivity contribution in [3.8, 4) is 0 Å². The minimum atomic E-state index is 0.103. The van der Waals surface area contributed by atoms with E-state index in [1.807, 2.05) is 0 Å². The van der Waals surface area contributed by atoms with Gasteiger partial charge in [-0.25, -0.2) is 0 Å². The molecule has 0 aromatic heterocycles. The van der Waals surface area contributed by atoms with E-state index in [4.69, 9.17) is 9.47 Å². The van der Waals surface area contributed by atoms with E-state index in [1.165, 1.54) is 0 Å². The number of carbonyl (C=O) groups excluding carboxylic acids is 1. The monoisotopic (exact) mass is 188 g/mol. The van der Waals surface area contributed by atoms with Crippen LogP contribution in [0.1, 0.15) is 0 Å². The van der Waals surface area contributed by atoms with Crippen molar-refractivity contribution in [2.45, 2.75) is 0 Å². The summed E-state index contributed by atoms with van der Waals surface area (Å²) in [7, 11) is 0. The van der Waals surface area contributed by atoms with Gasteiger partial charge in [0.2, 0.25) is 5.91 Å². The van der Waals surface area contributed by atoms with Crippen LogP contribution in [0, 0.1) is 0 Å². The van der Waals surface area contributed by atoms with Gasteiger partial charge in [-0.1, -0.05) is 0 Å². The maximum Gasteiger partial charge on any atom is 0.234 e. The van der Waals surface area contributed by atoms with E-state index in [-0.39, 0.29) is 5.91 Å². The largest absolute Gasteiger partial charge is 0.377 e. The second-order valence-corrected chi connectivity index (χ2v) is 2.75. The summed E-state index contributed by atoms with van der Waals surface area (Å²) in [6, 6.07) is 0. The Bertz CT molecular complexity index is 129. The Labute approximate surface area is 77.8 Å². The molecule has 13 heavy (non-hydrogen) atoms. The normalized spacial score (nSPS) is 22.6. The molecule has 2 fully saturated rings. The first-order valence-electron chi connectivity index (χ1n) is 4.52. The molecule has 2 saturated heterocycles. The Hall–Kier alpha value is -0.650. The van der Waals surface area contributed by atoms with Crippen LogP contribution in [0.25, 0.3) is 0 Å². The Morgan fingerprint density at radius 3 is 1.85 bits per heavy atom. The zero-order valence-corrected chi connectivity index (χ0v) is 7.67. The van der Waals surface area contributed by atoms with E-state index < -0.39 is 0 Å². The summed E-state index contributed by atoms with van der Waals surface area (Å²) in [5, 5.41) is 5.60. The Kier molecular flexibility index (Phi) is 5.47. The lowest BCUT2D eigenvalue weighted by Crippen LogP contribution is -2.44. The molecule has 0 unspecified atom stereocenters. The van der Waals surface area contributed by atoms with E-state index in [0.29, 0.717) is 6.54 Å². The van der Waals surface area contributed by atoms with Crippen molar-refractivity contribution in [3.63, 3.8) is 0 Å². The molecule has 2 aliphatic rings. The van der Waals surface area contributed by atoms with Crippen molar-refractivity contribution in [3.05, 3.63) is 0 Å². The summed E-state index contributed by atoms with van der Waals surface area (Å²) in [4.78, 5) is 10.3. The van der Waals surface area contributed by atoms with Crippen molar-refractivity contribution < 1.29 is 14.3 Å². The number of rotatable bonds is 0. The number of piperazine rings is 1. The molecule has 0 atom stereocenters. The zero-order chi connectivity index (χ0) is 9.36. The summed E-state index contributed by atoms with van der Waals surface area (Å²) in [6.45, 7) is 5.28. The molecule has 0 saturated carbocycles. The second-order valence-electron chi connectivity index (χ2n) is 2.75. The third-order valence-electron chi connectivity index (χ3n) is 1.65. The first-order valence-corrected chi connectivity index (χ1v) is 4.52. The number of hydrogen-bond acceptors (Lipinski definition) is 4. The summed E-state index contributed by atoms with van der Waals surface area (Å²) in [6.07, 6.45) is 0. The van der Waals surface area contributed by atoms with Gasteiger partial charge in [0, 0.05) is 13.1 Å². The highest BCUT2D eigenvalue weighted by molar-refractivity contribution is 5.78. The average Bonchev–Trinajstić information content (AvgIpc) is 2.22. The molecule has 1 amide bonds. The van der Waals surface area contributed by atoms with Gasteiger partial charge in [0.15, 0.2) is 0 Å². The highest BCUT2D eigenvalue weighted by Crippen LogP contribution is 1.85. The predicted octanol–water partition coefficient (Wildman–Crippen LogP) is -1.26. The van der Waals surface area contributed by atoms with Crippen LogP contribution in [-0.2, 0) is 14.3 Å². The molecule has 2 N–H and O–H groups in total. The smallest absolute Gasteiger partial charge is 0.234 e. The van der Waals surface area contributed by atoms with Crippen LogP contribution < -0.4 is 10.6 Å². The van der Waals surface area contributed by atoms with Crippen LogP contribution >= 0.6 is 0 Å². The van der Waals surface area contributed by atoms with E-state index in [2.05, 4.69) is 10.6 Å². The highest BCUT2D eigenvalue weighted by Gasteiger charge is 2.02. The summed E-state index contributed by atoms with van der Waals surface area (Å²) in [5.41, 5.74) is 0. The molecule has 5 nitrogen and oxygen atoms in total. The minimum absolute atomic E-state index is 0.103. The van der Waals surface area contributed by atoms with Gasteiger partial charge >= 0.3 is 0 Å². The molecular formula is C8H16N2O3. The number of carbonyl (C=O) groups is 1. The molecular weight excluding hydrogens is 172 g/mol. The maximum atomic E-state index is 10.3. The lowest BCUT2D eigenvalue weighted by Gasteiger charge is -2.11. The first kappa shape index (κ1) is 10.4. The molecule has 0 bridgehead atoms. The van der Waals surface area contributed by atoms with Crippen molar-refractivity contribution in [2.75, 3.05) is 46.1 Å². The van der Waals surface area contributed by atoms with Crippen molar-refractivity contribution >= 4 is 5.91 Å². The number of hydrogen-bond donors (Lipinski definition) is 2. The van der Waals surface area contributed by atoms with Gasteiger partial charge in [-0.3, -0.25) is 4.79 Å². The Balaban J connectivity index is 0.000000132. The topological polar surface area (TPSA) is 59.6 Å². The van der Waals surface area contributed by atoms with Crippen LogP contribution in [0.3, 0.4) is 0 Å². The summed E-state index contributed by atoms with van der Waals surface area (Å²) >= 11 is 0. The van der Waals surface area contributed by atoms with Crippen LogP contribution in [0.4, 0.5) is 0 Å². The SMILES string of the molecule is C1COCCO1.O=C1CNCCN1. The van der Waals surface area contributed by atoms with Crippen LogP contribution in [0.2, 0.25) is 0 Å². The molecule has 0 radical (unpaired) electrons. The lowest BCUT2D eigenvalue weighted by atomic mass is 10.4. The van der Waals surface area contributed by atoms with Gasteiger partial charge in [0.25, 0.3) is 0 Å². The number of nitrogens with one attached hydrogen (secondary N) is 2. The average molecular weight is 188 g/mol. The molecule has 2 heterocycles. The Morgan fingerprint density at radius 2 is 1.62 bits per heavy atom. The van der Waals surface area contributed by atoms with Gasteiger partial charge in [0.1, 0.15) is 0 Å². The number of amides is 1. The van der Waals surface area contributed by atoms with Crippen molar-refractivity contribution in [1.29, 1.82) is 0 Å². The first-order chi connectivity index (χ1) is 6.39.